The van der Waals surface area contributed by atoms with Crippen LogP contribution in [0.25, 0.3) is 0 Å². The molecule has 0 saturated carbocycles. The molecule has 26 N–H and O–H groups in total. The van der Waals surface area contributed by atoms with Crippen LogP contribution in [0.4, 0.5) is 0 Å². The summed E-state index contributed by atoms with van der Waals surface area (Å²) < 4.78 is 79.8. The monoisotopic (exact) mass is 1980 g/mol. The average molecular weight is 1980 g/mol. The van der Waals surface area contributed by atoms with Crippen molar-refractivity contribution in [1.29, 1.82) is 0 Å². The van der Waals surface area contributed by atoms with Crippen LogP contribution in [0.3, 0.4) is 0 Å². The van der Waals surface area contributed by atoms with Gasteiger partial charge in [0.2, 0.25) is 0 Å². The summed E-state index contributed by atoms with van der Waals surface area (Å²) in [7, 11) is 0. The Bertz CT molecular complexity index is 2890. The normalized spacial score (nSPS) is 37.2. The number of aliphatic carboxylic acids is 3. The minimum absolute atomic E-state index is 0.0562. The Morgan fingerprint density at radius 2 is 0.451 bits per heavy atom. The molecule has 0 radical (unpaired) electrons. The average Bonchev–Trinajstić information content (AvgIpc) is 0.957. The molecule has 786 valence electrons. The molecule has 133 heavy (non-hydrogen) atoms. The summed E-state index contributed by atoms with van der Waals surface area (Å²) in [5.74, 6) is -3.54. The van der Waals surface area contributed by atoms with Crippen LogP contribution in [0.1, 0.15) is 208 Å². The molecule has 0 aromatic heterocycles. The van der Waals surface area contributed by atoms with Crippen LogP contribution in [0.15, 0.2) is 0 Å². The molecule has 7 aliphatic heterocycles. The van der Waals surface area contributed by atoms with Gasteiger partial charge in [0.1, 0.15) is 170 Å². The van der Waals surface area contributed by atoms with Gasteiger partial charge in [-0.1, -0.05) is 69.2 Å². The summed E-state index contributed by atoms with van der Waals surface area (Å²) in [5, 5.41) is 246. The van der Waals surface area contributed by atoms with Crippen molar-refractivity contribution in [2.45, 2.75) is 470 Å². The fourth-order valence-electron chi connectivity index (χ4n) is 13.1. The first kappa shape index (κ1) is 127. The van der Waals surface area contributed by atoms with E-state index in [2.05, 4.69) is 0 Å². The summed E-state index contributed by atoms with van der Waals surface area (Å²) >= 11 is 2.66. The van der Waals surface area contributed by atoms with Crippen LogP contribution in [-0.2, 0) is 99.8 Å². The second-order valence-electron chi connectivity index (χ2n) is 32.9. The minimum atomic E-state index is -1.45. The number of carboxylic acids is 3. The predicted octanol–water partition coefficient (Wildman–Crippen LogP) is -4.28. The second kappa shape index (κ2) is 65.3. The van der Waals surface area contributed by atoms with Gasteiger partial charge < -0.3 is 204 Å². The van der Waals surface area contributed by atoms with E-state index in [-0.39, 0.29) is 63.9 Å². The lowest BCUT2D eigenvalue weighted by Crippen LogP contribution is -2.58. The number of rotatable bonds is 39. The summed E-state index contributed by atoms with van der Waals surface area (Å²) in [5.41, 5.74) is -1.17. The highest BCUT2D eigenvalue weighted by molar-refractivity contribution is 8.00. The van der Waals surface area contributed by atoms with Gasteiger partial charge in [-0.05, 0) is 111 Å². The third-order valence-corrected chi connectivity index (χ3v) is 24.4. The van der Waals surface area contributed by atoms with Gasteiger partial charge >= 0.3 is 35.8 Å². The largest absolute Gasteiger partial charge is 0.481 e. The molecule has 7 aliphatic rings. The van der Waals surface area contributed by atoms with Crippen molar-refractivity contribution in [1.82, 2.24) is 0 Å². The van der Waals surface area contributed by atoms with E-state index in [1.807, 2.05) is 41.5 Å². The third-order valence-electron chi connectivity index (χ3n) is 22.3. The quantitative estimate of drug-likeness (QED) is 0.0205. The number of ether oxygens (including phenoxy) is 15. The summed E-state index contributed by atoms with van der Waals surface area (Å²) in [6.07, 6.45) is -38.3. The van der Waals surface area contributed by atoms with E-state index in [4.69, 9.17) is 96.6 Å². The molecule has 47 nitrogen and oxygen atoms in total. The SMILES string of the molecule is CCC(C)O[C@@H]1OC(C)[C@H](O)[C@H](O)C1O.CCC(C)O[C@@H]1OC(C)[C@H](O)[C@H](O)C1O.CCC(CC(=O)O)OC(=O)CC(CC)O[C@@H]1OC(C)[C@H](O)[C@H](O)C1O.CCC(CC(=O)O)OC(=O)CC(CC)O[C@@H]1OC(C)[C@H](O)[C@H](O)C1O.CCC(CC(=O)O)OC(=O)CC(CC)O[C@@H]1OC(C)[C@H](O)[C@H](O)C1O.CCS[C@@H]1OC(CO)[C@@H](O)[C@H](O)C1O.CCS[C@@H]1OC(CO)[C@H](O)[C@H](O)C1O. The zero-order valence-electron chi connectivity index (χ0n) is 78.6. The molecule has 0 aliphatic carbocycles. The predicted molar refractivity (Wildman–Crippen MR) is 464 cm³/mol. The lowest BCUT2D eigenvalue weighted by Gasteiger charge is -2.40. The lowest BCUT2D eigenvalue weighted by atomic mass is 10.00. The van der Waals surface area contributed by atoms with E-state index >= 15 is 0 Å². The Labute approximate surface area is 783 Å². The maximum absolute atomic E-state index is 12.0. The van der Waals surface area contributed by atoms with Crippen molar-refractivity contribution in [3.8, 4) is 0 Å². The van der Waals surface area contributed by atoms with Crippen molar-refractivity contribution >= 4 is 59.3 Å². The number of esters is 3. The number of carbonyl (C=O) groups excluding carboxylic acids is 3. The molecule has 0 bridgehead atoms. The highest BCUT2D eigenvalue weighted by atomic mass is 32.2. The maximum Gasteiger partial charge on any atom is 0.308 e. The van der Waals surface area contributed by atoms with Crippen LogP contribution >= 0.6 is 23.5 Å². The Kier molecular flexibility index (Phi) is 62.4. The molecule has 0 aromatic carbocycles. The van der Waals surface area contributed by atoms with E-state index in [0.29, 0.717) is 38.5 Å². The Morgan fingerprint density at radius 3 is 0.624 bits per heavy atom. The molecular formula is C84H156O47S2. The molecule has 22 unspecified atom stereocenters. The fourth-order valence-corrected chi connectivity index (χ4v) is 14.9. The van der Waals surface area contributed by atoms with Crippen LogP contribution in [0, 0.1) is 0 Å². The molecule has 7 saturated heterocycles. The number of thioether (sulfide) groups is 2. The van der Waals surface area contributed by atoms with Gasteiger partial charge in [0.25, 0.3) is 0 Å². The van der Waals surface area contributed by atoms with Crippen LogP contribution < -0.4 is 0 Å². The van der Waals surface area contributed by atoms with Crippen LogP contribution in [-0.4, -0.2) is 455 Å². The standard InChI is InChI=1S/3C16H28O9.2C10H20O5.2C8H16O5S/c3*1-4-9(6-11(17)18)24-12(19)7-10(5-2)25-16-15(22)14(21)13(20)8(3)23-16;2*1-4-5(2)14-10-9(13)8(12)7(11)6(3)15-10;2*1-2-14-8-7(12)6(11)5(10)4(3-9)13-8/h3*8-10,13-16,20-22H,4-7H2,1-3H3,(H,17,18);2*5-13H,4H2,1-3H3;2*4-12H,2-3H2,1H3/t3*8?,9?,10?,13-,14-,15?,16-;2*5?,6?,7-,8-,9?,10+;4?,5-,6+,7?,8+;4?,5-,6-,7?,8-/m0000010/s1. The van der Waals surface area contributed by atoms with Crippen molar-refractivity contribution in [2.24, 2.45) is 0 Å². The van der Waals surface area contributed by atoms with Gasteiger partial charge in [-0.25, -0.2) is 0 Å². The molecule has 7 fully saturated rings. The lowest BCUT2D eigenvalue weighted by molar-refractivity contribution is -0.304. The van der Waals surface area contributed by atoms with Crippen LogP contribution in [0.5, 0.6) is 0 Å². The number of aliphatic hydroxyl groups excluding tert-OH is 23. The van der Waals surface area contributed by atoms with Gasteiger partial charge in [-0.15, -0.1) is 23.5 Å². The van der Waals surface area contributed by atoms with Crippen molar-refractivity contribution < 1.29 is 233 Å². The van der Waals surface area contributed by atoms with E-state index in [0.717, 1.165) is 24.3 Å². The Balaban J connectivity index is 0.000000787. The maximum atomic E-state index is 12.0. The fraction of sp³-hybridized carbons (Fsp3) is 0.929. The smallest absolute Gasteiger partial charge is 0.308 e. The molecular weight excluding hydrogens is 1830 g/mol. The first-order valence-corrected chi connectivity index (χ1v) is 47.2. The van der Waals surface area contributed by atoms with E-state index in [9.17, 15) is 136 Å². The summed E-state index contributed by atoms with van der Waals surface area (Å²) in [6.45, 7) is 29.0. The van der Waals surface area contributed by atoms with Gasteiger partial charge in [0, 0.05) is 0 Å². The highest BCUT2D eigenvalue weighted by Crippen LogP contribution is 2.33. The molecule has 7 heterocycles. The summed E-state index contributed by atoms with van der Waals surface area (Å²) in [6, 6.07) is 0. The topological polar surface area (TPSA) is 767 Å². The number of hydrogen-bond donors (Lipinski definition) is 26. The second-order valence-corrected chi connectivity index (χ2v) is 35.6. The molecule has 43 atom stereocenters. The zero-order chi connectivity index (χ0) is 102. The van der Waals surface area contributed by atoms with Gasteiger partial charge in [-0.2, -0.15) is 0 Å². The summed E-state index contributed by atoms with van der Waals surface area (Å²) in [4.78, 5) is 68.1. The molecule has 0 aromatic rings. The highest BCUT2D eigenvalue weighted by Gasteiger charge is 2.50. The number of hydrogen-bond acceptors (Lipinski definition) is 46. The molecule has 7 rings (SSSR count). The van der Waals surface area contributed by atoms with E-state index in [1.165, 1.54) is 44.3 Å². The van der Waals surface area contributed by atoms with Gasteiger partial charge in [0.05, 0.1) is 113 Å². The molecule has 0 spiro atoms. The Hall–Kier alpha value is -3.88. The third kappa shape index (κ3) is 42.8. The van der Waals surface area contributed by atoms with Crippen molar-refractivity contribution in [3.63, 3.8) is 0 Å². The molecule has 0 amide bonds. The van der Waals surface area contributed by atoms with Crippen molar-refractivity contribution in [3.05, 3.63) is 0 Å². The van der Waals surface area contributed by atoms with Gasteiger partial charge in [-0.3, -0.25) is 28.8 Å². The number of aliphatic hydroxyl groups is 23. The van der Waals surface area contributed by atoms with Crippen LogP contribution in [0.2, 0.25) is 0 Å². The number of carboxylic acid groups (broad SMARTS) is 3. The Morgan fingerprint density at radius 1 is 0.256 bits per heavy atom. The van der Waals surface area contributed by atoms with Gasteiger partial charge in [0.15, 0.2) is 31.5 Å². The van der Waals surface area contributed by atoms with E-state index < -0.39 is 286 Å². The van der Waals surface area contributed by atoms with E-state index in [1.54, 1.807) is 55.4 Å². The molecule has 49 heteroatoms. The first-order valence-electron chi connectivity index (χ1n) is 45.1. The zero-order valence-corrected chi connectivity index (χ0v) is 80.2. The van der Waals surface area contributed by atoms with Crippen molar-refractivity contribution in [2.75, 3.05) is 24.7 Å². The first-order chi connectivity index (χ1) is 62.2. The number of carbonyl (C=O) groups is 6. The minimum Gasteiger partial charge on any atom is -0.481 e.